The summed E-state index contributed by atoms with van der Waals surface area (Å²) in [5.74, 6) is -1.10. The van der Waals surface area contributed by atoms with Crippen molar-refractivity contribution < 1.29 is 9.90 Å². The van der Waals surface area contributed by atoms with Crippen molar-refractivity contribution in [3.63, 3.8) is 0 Å². The van der Waals surface area contributed by atoms with Crippen molar-refractivity contribution in [2.24, 2.45) is 0 Å². The Kier molecular flexibility index (Phi) is 2.76. The van der Waals surface area contributed by atoms with Gasteiger partial charge in [-0.15, -0.1) is 0 Å². The van der Waals surface area contributed by atoms with Gasteiger partial charge in [-0.3, -0.25) is 4.79 Å². The lowest BCUT2D eigenvalue weighted by Gasteiger charge is -2.21. The fraction of sp³-hybridized carbons (Fsp3) is 0.462. The van der Waals surface area contributed by atoms with Gasteiger partial charge in [-0.25, -0.2) is 0 Å². The van der Waals surface area contributed by atoms with E-state index in [4.69, 9.17) is 5.11 Å². The second-order valence-electron chi connectivity index (χ2n) is 4.25. The maximum Gasteiger partial charge on any atom is 0.310 e. The minimum atomic E-state index is -0.728. The highest BCUT2D eigenvalue weighted by Gasteiger charge is 2.20. The SMILES string of the molecule is C[C@@H](C(=O)O)c1cccc2c1CCCC2. The van der Waals surface area contributed by atoms with Gasteiger partial charge < -0.3 is 5.11 Å². The number of hydrogen-bond acceptors (Lipinski definition) is 1. The summed E-state index contributed by atoms with van der Waals surface area (Å²) in [5, 5.41) is 9.04. The number of benzene rings is 1. The lowest BCUT2D eigenvalue weighted by Crippen LogP contribution is -2.13. The Morgan fingerprint density at radius 3 is 2.80 bits per heavy atom. The quantitative estimate of drug-likeness (QED) is 0.804. The Bertz CT molecular complexity index is 382. The second-order valence-corrected chi connectivity index (χ2v) is 4.25. The van der Waals surface area contributed by atoms with E-state index in [9.17, 15) is 4.79 Å². The lowest BCUT2D eigenvalue weighted by atomic mass is 9.84. The second kappa shape index (κ2) is 4.05. The summed E-state index contributed by atoms with van der Waals surface area (Å²) >= 11 is 0. The number of aryl methyl sites for hydroxylation is 1. The van der Waals surface area contributed by atoms with Crippen LogP contribution in [0, 0.1) is 0 Å². The monoisotopic (exact) mass is 204 g/mol. The molecule has 0 heterocycles. The van der Waals surface area contributed by atoms with Crippen LogP contribution in [0.3, 0.4) is 0 Å². The first-order valence-electron chi connectivity index (χ1n) is 5.53. The first kappa shape index (κ1) is 10.2. The molecule has 1 aliphatic carbocycles. The molecule has 0 spiro atoms. The number of carboxylic acids is 1. The van der Waals surface area contributed by atoms with Gasteiger partial charge in [0.15, 0.2) is 0 Å². The van der Waals surface area contributed by atoms with Crippen molar-refractivity contribution in [2.45, 2.75) is 38.5 Å². The maximum absolute atomic E-state index is 11.0. The molecule has 1 aromatic rings. The highest BCUT2D eigenvalue weighted by Crippen LogP contribution is 2.29. The number of rotatable bonds is 2. The highest BCUT2D eigenvalue weighted by molar-refractivity contribution is 5.76. The van der Waals surface area contributed by atoms with Crippen LogP contribution in [-0.2, 0) is 17.6 Å². The fourth-order valence-corrected chi connectivity index (χ4v) is 2.35. The maximum atomic E-state index is 11.0. The van der Waals surface area contributed by atoms with E-state index in [1.54, 1.807) is 6.92 Å². The highest BCUT2D eigenvalue weighted by atomic mass is 16.4. The van der Waals surface area contributed by atoms with Gasteiger partial charge in [0, 0.05) is 0 Å². The average molecular weight is 204 g/mol. The number of hydrogen-bond donors (Lipinski definition) is 1. The number of aliphatic carboxylic acids is 1. The predicted octanol–water partition coefficient (Wildman–Crippen LogP) is 2.75. The lowest BCUT2D eigenvalue weighted by molar-refractivity contribution is -0.138. The molecule has 2 nitrogen and oxygen atoms in total. The summed E-state index contributed by atoms with van der Waals surface area (Å²) < 4.78 is 0. The molecule has 80 valence electrons. The third-order valence-corrected chi connectivity index (χ3v) is 3.27. The van der Waals surface area contributed by atoms with Crippen LogP contribution in [0.1, 0.15) is 42.4 Å². The molecule has 0 radical (unpaired) electrons. The first-order chi connectivity index (χ1) is 7.20. The molecular weight excluding hydrogens is 188 g/mol. The Balaban J connectivity index is 2.43. The Morgan fingerprint density at radius 1 is 1.33 bits per heavy atom. The van der Waals surface area contributed by atoms with Crippen molar-refractivity contribution >= 4 is 5.97 Å². The van der Waals surface area contributed by atoms with E-state index < -0.39 is 5.97 Å². The van der Waals surface area contributed by atoms with Gasteiger partial charge in [0.1, 0.15) is 0 Å². The standard InChI is InChI=1S/C13H16O2/c1-9(13(14)15)11-8-4-6-10-5-2-3-7-12(10)11/h4,6,8-9H,2-3,5,7H2,1H3,(H,14,15)/t9-/m1/s1. The minimum absolute atomic E-state index is 0.377. The summed E-state index contributed by atoms with van der Waals surface area (Å²) in [6.07, 6.45) is 4.58. The van der Waals surface area contributed by atoms with Crippen molar-refractivity contribution in [1.82, 2.24) is 0 Å². The number of carboxylic acid groups (broad SMARTS) is 1. The molecule has 15 heavy (non-hydrogen) atoms. The van der Waals surface area contributed by atoms with E-state index in [2.05, 4.69) is 6.07 Å². The Hall–Kier alpha value is -1.31. The molecule has 1 aromatic carbocycles. The molecule has 0 amide bonds. The summed E-state index contributed by atoms with van der Waals surface area (Å²) in [7, 11) is 0. The predicted molar refractivity (Wildman–Crippen MR) is 59.1 cm³/mol. The van der Waals surface area contributed by atoms with Crippen LogP contribution in [0.5, 0.6) is 0 Å². The van der Waals surface area contributed by atoms with Crippen LogP contribution in [0.4, 0.5) is 0 Å². The van der Waals surface area contributed by atoms with E-state index >= 15 is 0 Å². The van der Waals surface area contributed by atoms with Crippen molar-refractivity contribution in [3.05, 3.63) is 34.9 Å². The van der Waals surface area contributed by atoms with Crippen LogP contribution < -0.4 is 0 Å². The van der Waals surface area contributed by atoms with Gasteiger partial charge >= 0.3 is 5.97 Å². The van der Waals surface area contributed by atoms with Crippen LogP contribution >= 0.6 is 0 Å². The van der Waals surface area contributed by atoms with E-state index in [-0.39, 0.29) is 5.92 Å². The van der Waals surface area contributed by atoms with Gasteiger partial charge in [0.2, 0.25) is 0 Å². The summed E-state index contributed by atoms with van der Waals surface area (Å²) in [6.45, 7) is 1.77. The molecule has 0 bridgehead atoms. The molecule has 0 unspecified atom stereocenters. The van der Waals surface area contributed by atoms with E-state index in [0.717, 1.165) is 18.4 Å². The summed E-state index contributed by atoms with van der Waals surface area (Å²) in [6, 6.07) is 6.08. The molecule has 0 fully saturated rings. The first-order valence-corrected chi connectivity index (χ1v) is 5.53. The third-order valence-electron chi connectivity index (χ3n) is 3.27. The smallest absolute Gasteiger partial charge is 0.310 e. The molecular formula is C13H16O2. The summed E-state index contributed by atoms with van der Waals surface area (Å²) in [5.41, 5.74) is 3.66. The van der Waals surface area contributed by atoms with Gasteiger partial charge in [-0.1, -0.05) is 18.2 Å². The van der Waals surface area contributed by atoms with Crippen molar-refractivity contribution in [1.29, 1.82) is 0 Å². The zero-order valence-electron chi connectivity index (χ0n) is 8.99. The fourth-order valence-electron chi connectivity index (χ4n) is 2.35. The minimum Gasteiger partial charge on any atom is -0.481 e. The van der Waals surface area contributed by atoms with E-state index in [1.807, 2.05) is 12.1 Å². The van der Waals surface area contributed by atoms with Gasteiger partial charge in [-0.05, 0) is 49.3 Å². The number of fused-ring (bicyclic) bond motifs is 1. The van der Waals surface area contributed by atoms with Gasteiger partial charge in [0.25, 0.3) is 0 Å². The Morgan fingerprint density at radius 2 is 2.07 bits per heavy atom. The molecule has 0 saturated carbocycles. The zero-order chi connectivity index (χ0) is 10.8. The molecule has 1 N–H and O–H groups in total. The van der Waals surface area contributed by atoms with Gasteiger partial charge in [-0.2, -0.15) is 0 Å². The normalized spacial score (nSPS) is 16.9. The third kappa shape index (κ3) is 1.89. The van der Waals surface area contributed by atoms with Crippen LogP contribution in [0.2, 0.25) is 0 Å². The average Bonchev–Trinajstić information content (AvgIpc) is 2.27. The summed E-state index contributed by atoms with van der Waals surface area (Å²) in [4.78, 5) is 11.0. The van der Waals surface area contributed by atoms with E-state index in [0.29, 0.717) is 0 Å². The molecule has 2 rings (SSSR count). The molecule has 0 aliphatic heterocycles. The van der Waals surface area contributed by atoms with Crippen LogP contribution in [0.25, 0.3) is 0 Å². The van der Waals surface area contributed by atoms with Crippen molar-refractivity contribution in [3.8, 4) is 0 Å². The zero-order valence-corrected chi connectivity index (χ0v) is 8.99. The molecule has 0 aromatic heterocycles. The Labute approximate surface area is 89.9 Å². The largest absolute Gasteiger partial charge is 0.481 e. The molecule has 2 heteroatoms. The van der Waals surface area contributed by atoms with Crippen molar-refractivity contribution in [2.75, 3.05) is 0 Å². The number of carbonyl (C=O) groups is 1. The van der Waals surface area contributed by atoms with E-state index in [1.165, 1.54) is 24.0 Å². The topological polar surface area (TPSA) is 37.3 Å². The van der Waals surface area contributed by atoms with Gasteiger partial charge in [0.05, 0.1) is 5.92 Å². The van der Waals surface area contributed by atoms with Crippen LogP contribution in [0.15, 0.2) is 18.2 Å². The molecule has 0 saturated heterocycles. The molecule has 1 aliphatic rings. The van der Waals surface area contributed by atoms with Crippen LogP contribution in [-0.4, -0.2) is 11.1 Å². The molecule has 1 atom stereocenters.